The lowest BCUT2D eigenvalue weighted by molar-refractivity contribution is -0.132. The third-order valence-electron chi connectivity index (χ3n) is 5.28. The SMILES string of the molecule is O=C(CCc1cnn(-c2ccccc2)c1)N1CCC(Nc2ccccc2)CC1. The number of aryl methyl sites for hydroxylation is 1. The van der Waals surface area contributed by atoms with Crippen molar-refractivity contribution >= 4 is 11.6 Å². The number of amides is 1. The van der Waals surface area contributed by atoms with Crippen molar-refractivity contribution in [2.24, 2.45) is 0 Å². The van der Waals surface area contributed by atoms with Crippen LogP contribution in [0.15, 0.2) is 73.1 Å². The average Bonchev–Trinajstić information content (AvgIpc) is 3.23. The summed E-state index contributed by atoms with van der Waals surface area (Å²) in [7, 11) is 0. The van der Waals surface area contributed by atoms with Gasteiger partial charge in [0, 0.05) is 37.4 Å². The van der Waals surface area contributed by atoms with Crippen LogP contribution in [0.3, 0.4) is 0 Å². The van der Waals surface area contributed by atoms with Crippen molar-refractivity contribution in [2.75, 3.05) is 18.4 Å². The summed E-state index contributed by atoms with van der Waals surface area (Å²) < 4.78 is 1.86. The summed E-state index contributed by atoms with van der Waals surface area (Å²) in [5.74, 6) is 0.241. The first-order chi connectivity index (χ1) is 13.8. The van der Waals surface area contributed by atoms with Gasteiger partial charge in [-0.2, -0.15) is 5.10 Å². The number of nitrogens with zero attached hydrogens (tertiary/aromatic N) is 3. The van der Waals surface area contributed by atoms with E-state index in [1.165, 1.54) is 0 Å². The maximum absolute atomic E-state index is 12.6. The summed E-state index contributed by atoms with van der Waals surface area (Å²) in [5.41, 5.74) is 3.29. The van der Waals surface area contributed by atoms with Crippen LogP contribution in [-0.4, -0.2) is 39.7 Å². The maximum atomic E-state index is 12.6. The van der Waals surface area contributed by atoms with Crippen LogP contribution in [-0.2, 0) is 11.2 Å². The number of rotatable bonds is 6. The molecule has 1 aliphatic heterocycles. The number of aromatic nitrogens is 2. The van der Waals surface area contributed by atoms with Gasteiger partial charge in [-0.05, 0) is 49.1 Å². The number of para-hydroxylation sites is 2. The Morgan fingerprint density at radius 3 is 2.39 bits per heavy atom. The summed E-state index contributed by atoms with van der Waals surface area (Å²) in [6.45, 7) is 1.65. The summed E-state index contributed by atoms with van der Waals surface area (Å²) in [6.07, 6.45) is 7.12. The molecule has 1 fully saturated rings. The van der Waals surface area contributed by atoms with Gasteiger partial charge in [0.15, 0.2) is 0 Å². The molecular weight excluding hydrogens is 348 g/mol. The lowest BCUT2D eigenvalue weighted by Crippen LogP contribution is -2.42. The Bertz CT molecular complexity index is 883. The quantitative estimate of drug-likeness (QED) is 0.712. The molecule has 2 heterocycles. The van der Waals surface area contributed by atoms with Gasteiger partial charge in [0.1, 0.15) is 0 Å². The minimum Gasteiger partial charge on any atom is -0.382 e. The Labute approximate surface area is 166 Å². The van der Waals surface area contributed by atoms with Crippen molar-refractivity contribution in [1.82, 2.24) is 14.7 Å². The predicted octanol–water partition coefficient (Wildman–Crippen LogP) is 3.91. The van der Waals surface area contributed by atoms with E-state index in [0.29, 0.717) is 12.5 Å². The van der Waals surface area contributed by atoms with Crippen molar-refractivity contribution in [1.29, 1.82) is 0 Å². The summed E-state index contributed by atoms with van der Waals surface area (Å²) >= 11 is 0. The van der Waals surface area contributed by atoms with Crippen LogP contribution in [0.2, 0.25) is 0 Å². The highest BCUT2D eigenvalue weighted by Crippen LogP contribution is 2.17. The van der Waals surface area contributed by atoms with Crippen LogP contribution in [0.5, 0.6) is 0 Å². The number of nitrogens with one attached hydrogen (secondary N) is 1. The van der Waals surface area contributed by atoms with Crippen molar-refractivity contribution < 1.29 is 4.79 Å². The highest BCUT2D eigenvalue weighted by Gasteiger charge is 2.22. The maximum Gasteiger partial charge on any atom is 0.222 e. The molecule has 5 heteroatoms. The van der Waals surface area contributed by atoms with Gasteiger partial charge >= 0.3 is 0 Å². The fourth-order valence-electron chi connectivity index (χ4n) is 3.66. The molecule has 2 aromatic carbocycles. The minimum atomic E-state index is 0.241. The van der Waals surface area contributed by atoms with E-state index in [1.807, 2.05) is 70.5 Å². The first kappa shape index (κ1) is 18.3. The van der Waals surface area contributed by atoms with E-state index in [9.17, 15) is 4.79 Å². The predicted molar refractivity (Wildman–Crippen MR) is 112 cm³/mol. The number of anilines is 1. The Morgan fingerprint density at radius 1 is 1.00 bits per heavy atom. The van der Waals surface area contributed by atoms with Gasteiger partial charge in [-0.1, -0.05) is 36.4 Å². The Hall–Kier alpha value is -3.08. The lowest BCUT2D eigenvalue weighted by atomic mass is 10.0. The van der Waals surface area contributed by atoms with E-state index in [-0.39, 0.29) is 5.91 Å². The molecule has 0 atom stereocenters. The smallest absolute Gasteiger partial charge is 0.222 e. The van der Waals surface area contributed by atoms with Gasteiger partial charge in [-0.25, -0.2) is 4.68 Å². The van der Waals surface area contributed by atoms with Gasteiger partial charge in [-0.15, -0.1) is 0 Å². The highest BCUT2D eigenvalue weighted by atomic mass is 16.2. The number of carbonyl (C=O) groups excluding carboxylic acids is 1. The average molecular weight is 374 g/mol. The van der Waals surface area contributed by atoms with E-state index >= 15 is 0 Å². The normalized spacial score (nSPS) is 14.8. The second kappa shape index (κ2) is 8.74. The lowest BCUT2D eigenvalue weighted by Gasteiger charge is -2.33. The molecule has 4 rings (SSSR count). The molecule has 0 saturated carbocycles. The van der Waals surface area contributed by atoms with Gasteiger partial charge in [0.05, 0.1) is 11.9 Å². The van der Waals surface area contributed by atoms with Crippen LogP contribution >= 0.6 is 0 Å². The van der Waals surface area contributed by atoms with Crippen molar-refractivity contribution in [3.05, 3.63) is 78.6 Å². The number of likely N-dealkylation sites (tertiary alicyclic amines) is 1. The standard InChI is InChI=1S/C23H26N4O/c28-23(12-11-19-17-24-27(18-19)22-9-5-2-6-10-22)26-15-13-21(14-16-26)25-20-7-3-1-4-8-20/h1-10,17-18,21,25H,11-16H2. The van der Waals surface area contributed by atoms with Gasteiger partial charge in [-0.3, -0.25) is 4.79 Å². The number of hydrogen-bond donors (Lipinski definition) is 1. The Morgan fingerprint density at radius 2 is 1.68 bits per heavy atom. The second-order valence-electron chi connectivity index (χ2n) is 7.29. The molecule has 1 aromatic heterocycles. The van der Waals surface area contributed by atoms with Crippen molar-refractivity contribution in [3.8, 4) is 5.69 Å². The number of hydrogen-bond acceptors (Lipinski definition) is 3. The molecule has 0 spiro atoms. The molecule has 0 unspecified atom stereocenters. The first-order valence-corrected chi connectivity index (χ1v) is 9.96. The van der Waals surface area contributed by atoms with Gasteiger partial charge in [0.2, 0.25) is 5.91 Å². The highest BCUT2D eigenvalue weighted by molar-refractivity contribution is 5.76. The van der Waals surface area contributed by atoms with Crippen LogP contribution in [0.25, 0.3) is 5.69 Å². The van der Waals surface area contributed by atoms with Crippen molar-refractivity contribution in [2.45, 2.75) is 31.7 Å². The van der Waals surface area contributed by atoms with E-state index < -0.39 is 0 Å². The summed E-state index contributed by atoms with van der Waals surface area (Å²) in [4.78, 5) is 14.6. The zero-order chi connectivity index (χ0) is 19.2. The summed E-state index contributed by atoms with van der Waals surface area (Å²) in [5, 5.41) is 7.98. The van der Waals surface area contributed by atoms with Crippen LogP contribution < -0.4 is 5.32 Å². The zero-order valence-electron chi connectivity index (χ0n) is 16.0. The molecule has 28 heavy (non-hydrogen) atoms. The monoisotopic (exact) mass is 374 g/mol. The number of benzene rings is 2. The van der Waals surface area contributed by atoms with Crippen LogP contribution in [0.4, 0.5) is 5.69 Å². The van der Waals surface area contributed by atoms with Crippen molar-refractivity contribution in [3.63, 3.8) is 0 Å². The van der Waals surface area contributed by atoms with E-state index in [2.05, 4.69) is 22.5 Å². The topological polar surface area (TPSA) is 50.2 Å². The molecule has 1 saturated heterocycles. The van der Waals surface area contributed by atoms with E-state index in [4.69, 9.17) is 0 Å². The molecule has 3 aromatic rings. The third kappa shape index (κ3) is 4.60. The largest absolute Gasteiger partial charge is 0.382 e. The molecule has 144 valence electrons. The Kier molecular flexibility index (Phi) is 5.71. The minimum absolute atomic E-state index is 0.241. The van der Waals surface area contributed by atoms with E-state index in [0.717, 1.165) is 49.3 Å². The fraction of sp³-hybridized carbons (Fsp3) is 0.304. The number of piperidine rings is 1. The van der Waals surface area contributed by atoms with Crippen LogP contribution in [0, 0.1) is 0 Å². The Balaban J connectivity index is 1.23. The molecule has 5 nitrogen and oxygen atoms in total. The van der Waals surface area contributed by atoms with E-state index in [1.54, 1.807) is 0 Å². The fourth-order valence-corrected chi connectivity index (χ4v) is 3.66. The molecule has 1 aliphatic rings. The third-order valence-corrected chi connectivity index (χ3v) is 5.28. The number of carbonyl (C=O) groups is 1. The summed E-state index contributed by atoms with van der Waals surface area (Å²) in [6, 6.07) is 20.8. The van der Waals surface area contributed by atoms with Gasteiger partial charge < -0.3 is 10.2 Å². The molecule has 1 amide bonds. The second-order valence-corrected chi connectivity index (χ2v) is 7.29. The molecule has 0 radical (unpaired) electrons. The molecule has 0 bridgehead atoms. The molecular formula is C23H26N4O. The van der Waals surface area contributed by atoms with Crippen LogP contribution in [0.1, 0.15) is 24.8 Å². The first-order valence-electron chi connectivity index (χ1n) is 9.96. The molecule has 0 aliphatic carbocycles. The molecule has 1 N–H and O–H groups in total. The van der Waals surface area contributed by atoms with Gasteiger partial charge in [0.25, 0.3) is 0 Å². The zero-order valence-corrected chi connectivity index (χ0v) is 16.0.